The van der Waals surface area contributed by atoms with E-state index in [1.807, 2.05) is 6.07 Å². The molecule has 2 bridgehead atoms. The smallest absolute Gasteiger partial charge is 0.284 e. The molecule has 6 fully saturated rings. The van der Waals surface area contributed by atoms with Crippen LogP contribution in [0.3, 0.4) is 0 Å². The van der Waals surface area contributed by atoms with Crippen LogP contribution in [-0.4, -0.2) is 121 Å². The third-order valence-corrected chi connectivity index (χ3v) is 14.3. The predicted molar refractivity (Wildman–Crippen MR) is 218 cm³/mol. The van der Waals surface area contributed by atoms with Crippen molar-refractivity contribution in [1.29, 1.82) is 0 Å². The molecule has 3 N–H and O–H groups in total. The van der Waals surface area contributed by atoms with Crippen LogP contribution in [0.25, 0.3) is 5.65 Å². The van der Waals surface area contributed by atoms with E-state index in [9.17, 15) is 32.8 Å². The lowest BCUT2D eigenvalue weighted by atomic mass is 9.57. The van der Waals surface area contributed by atoms with Gasteiger partial charge in [0.25, 0.3) is 24.1 Å². The molecule has 11 rings (SSSR count). The first-order valence-corrected chi connectivity index (χ1v) is 21.7. The topological polar surface area (TPSA) is 188 Å². The molecule has 3 atom stereocenters. The van der Waals surface area contributed by atoms with Gasteiger partial charge in [-0.1, -0.05) is 6.07 Å². The maximum Gasteiger partial charge on any atom is 0.284 e. The zero-order valence-corrected chi connectivity index (χ0v) is 34.0. The number of ether oxygens (including phenoxy) is 1. The summed E-state index contributed by atoms with van der Waals surface area (Å²) in [6.45, 7) is 5.12. The number of carbonyl (C=O) groups is 5. The van der Waals surface area contributed by atoms with Gasteiger partial charge in [-0.2, -0.15) is 10.2 Å². The van der Waals surface area contributed by atoms with Crippen molar-refractivity contribution in [2.75, 3.05) is 54.9 Å². The Hall–Kier alpha value is -5.82. The van der Waals surface area contributed by atoms with Crippen LogP contribution in [0.1, 0.15) is 107 Å². The molecule has 5 aliphatic heterocycles. The average molecular weight is 852 g/mol. The van der Waals surface area contributed by atoms with Crippen LogP contribution < -0.4 is 20.9 Å². The molecule has 2 saturated carbocycles. The lowest BCUT2D eigenvalue weighted by Crippen LogP contribution is -2.63. The Morgan fingerprint density at radius 2 is 1.81 bits per heavy atom. The fraction of sp³-hybridized carbons (Fsp3) is 0.535. The van der Waals surface area contributed by atoms with Gasteiger partial charge >= 0.3 is 0 Å². The third-order valence-electron chi connectivity index (χ3n) is 14.3. The molecule has 4 saturated heterocycles. The van der Waals surface area contributed by atoms with Crippen molar-refractivity contribution in [1.82, 2.24) is 39.5 Å². The van der Waals surface area contributed by atoms with Crippen LogP contribution in [0.4, 0.5) is 26.0 Å². The monoisotopic (exact) mass is 851 g/mol. The highest BCUT2D eigenvalue weighted by Gasteiger charge is 2.52. The van der Waals surface area contributed by atoms with Gasteiger partial charge < -0.3 is 25.2 Å². The summed E-state index contributed by atoms with van der Waals surface area (Å²) in [6, 6.07) is 6.18. The second-order valence-electron chi connectivity index (χ2n) is 18.4. The quantitative estimate of drug-likeness (QED) is 0.184. The van der Waals surface area contributed by atoms with Gasteiger partial charge in [-0.05, 0) is 86.8 Å². The van der Waals surface area contributed by atoms with Crippen LogP contribution in [0, 0.1) is 17.3 Å². The lowest BCUT2D eigenvalue weighted by molar-refractivity contribution is -0.136. The van der Waals surface area contributed by atoms with Gasteiger partial charge in [-0.15, -0.1) is 0 Å². The molecule has 324 valence electrons. The Balaban J connectivity index is 0.650. The van der Waals surface area contributed by atoms with Crippen LogP contribution in [-0.2, 0) is 14.3 Å². The molecule has 3 aromatic heterocycles. The third kappa shape index (κ3) is 6.70. The van der Waals surface area contributed by atoms with Crippen molar-refractivity contribution < 1.29 is 37.5 Å². The van der Waals surface area contributed by atoms with E-state index in [-0.39, 0.29) is 53.4 Å². The molecule has 4 aromatic rings. The Labute approximate surface area is 354 Å². The summed E-state index contributed by atoms with van der Waals surface area (Å²) in [5, 5.41) is 16.9. The molecular weight excluding hydrogens is 805 g/mol. The van der Waals surface area contributed by atoms with Gasteiger partial charge in [0.2, 0.25) is 11.8 Å². The van der Waals surface area contributed by atoms with Gasteiger partial charge in [0.05, 0.1) is 47.8 Å². The molecule has 1 unspecified atom stereocenters. The highest BCUT2D eigenvalue weighted by Crippen LogP contribution is 2.52. The van der Waals surface area contributed by atoms with E-state index in [1.54, 1.807) is 29.1 Å². The predicted octanol–water partition coefficient (Wildman–Crippen LogP) is 4.05. The first-order valence-electron chi connectivity index (χ1n) is 21.7. The number of imide groups is 2. The number of halogens is 2. The largest absolute Gasteiger partial charge is 0.384 e. The molecule has 1 spiro atoms. The highest BCUT2D eigenvalue weighted by molar-refractivity contribution is 6.25. The summed E-state index contributed by atoms with van der Waals surface area (Å²) < 4.78 is 37.4. The zero-order chi connectivity index (χ0) is 42.4. The lowest BCUT2D eigenvalue weighted by Gasteiger charge is -2.60. The van der Waals surface area contributed by atoms with E-state index < -0.39 is 47.7 Å². The molecule has 17 nitrogen and oxygen atoms in total. The molecule has 1 aromatic carbocycles. The number of likely N-dealkylation sites (tertiary alicyclic amines) is 1. The van der Waals surface area contributed by atoms with Crippen molar-refractivity contribution in [3.05, 3.63) is 65.2 Å². The van der Waals surface area contributed by atoms with E-state index in [0.717, 1.165) is 81.8 Å². The minimum atomic E-state index is -2.86. The number of benzene rings is 1. The Bertz CT molecular complexity index is 2500. The van der Waals surface area contributed by atoms with E-state index in [1.165, 1.54) is 16.9 Å². The van der Waals surface area contributed by atoms with Crippen molar-refractivity contribution in [3.63, 3.8) is 0 Å². The van der Waals surface area contributed by atoms with Crippen molar-refractivity contribution >= 4 is 52.4 Å². The summed E-state index contributed by atoms with van der Waals surface area (Å²) in [6.07, 6.45) is 8.80. The molecule has 5 amide bonds. The van der Waals surface area contributed by atoms with Crippen molar-refractivity contribution in [2.45, 2.75) is 88.4 Å². The molecule has 2 aliphatic carbocycles. The van der Waals surface area contributed by atoms with Crippen molar-refractivity contribution in [3.8, 4) is 0 Å². The number of piperidine rings is 1. The number of aromatic nitrogens is 5. The van der Waals surface area contributed by atoms with Gasteiger partial charge in [0.15, 0.2) is 11.3 Å². The molecule has 0 radical (unpaired) electrons. The zero-order valence-electron chi connectivity index (χ0n) is 34.0. The maximum absolute atomic E-state index is 14.3. The number of carbonyl (C=O) groups excluding carboxylic acids is 5. The number of alkyl halides is 2. The number of hydrogen-bond acceptors (Lipinski definition) is 12. The number of rotatable bonds is 11. The average Bonchev–Trinajstić information content (AvgIpc) is 4.08. The molecule has 62 heavy (non-hydrogen) atoms. The first-order chi connectivity index (χ1) is 30.0. The molecular formula is C43H47F2N11O6. The molecule has 7 aliphatic rings. The maximum atomic E-state index is 14.3. The van der Waals surface area contributed by atoms with Crippen LogP contribution in [0.5, 0.6) is 0 Å². The van der Waals surface area contributed by atoms with Crippen LogP contribution in [0.2, 0.25) is 0 Å². The summed E-state index contributed by atoms with van der Waals surface area (Å²) in [4.78, 5) is 74.8. The first kappa shape index (κ1) is 39.1. The van der Waals surface area contributed by atoms with Gasteiger partial charge in [-0.3, -0.25) is 38.9 Å². The molecule has 19 heteroatoms. The van der Waals surface area contributed by atoms with Crippen molar-refractivity contribution in [2.24, 2.45) is 17.3 Å². The van der Waals surface area contributed by atoms with Gasteiger partial charge in [0.1, 0.15) is 17.4 Å². The Kier molecular flexibility index (Phi) is 9.40. The second-order valence-corrected chi connectivity index (χ2v) is 18.4. The van der Waals surface area contributed by atoms with E-state index >= 15 is 0 Å². The number of morpholine rings is 1. The minimum absolute atomic E-state index is 0.01000. The van der Waals surface area contributed by atoms with E-state index in [4.69, 9.17) is 9.72 Å². The Morgan fingerprint density at radius 1 is 0.984 bits per heavy atom. The summed E-state index contributed by atoms with van der Waals surface area (Å²) in [5.74, 6) is -0.976. The fourth-order valence-electron chi connectivity index (χ4n) is 11.4. The van der Waals surface area contributed by atoms with Crippen LogP contribution >= 0.6 is 0 Å². The Morgan fingerprint density at radius 3 is 2.55 bits per heavy atom. The van der Waals surface area contributed by atoms with Gasteiger partial charge in [-0.25, -0.2) is 18.3 Å². The SMILES string of the molecule is O=C1CCC(N2C(=O)c3cccc(NCC4CC5(C4)CN(CC4CCC(n6cc(NC(=O)c7cnn8ccc(N9C[C@H]%10C[C@@H]9CO%10)nc78)c(C(F)F)n6)CC4)C5)c3C2=O)C(=O)N1. The number of fused-ring (bicyclic) bond motifs is 4. The molecule has 8 heterocycles. The van der Waals surface area contributed by atoms with E-state index in [2.05, 4.69) is 35.9 Å². The number of amides is 5. The fourth-order valence-corrected chi connectivity index (χ4v) is 11.4. The second kappa shape index (κ2) is 14.9. The number of hydrogen-bond donors (Lipinski definition) is 3. The summed E-state index contributed by atoms with van der Waals surface area (Å²) >= 11 is 0. The minimum Gasteiger partial charge on any atom is -0.384 e. The number of nitrogens with zero attached hydrogens (tertiary/aromatic N) is 8. The summed E-state index contributed by atoms with van der Waals surface area (Å²) in [5.41, 5.74) is 1.50. The highest BCUT2D eigenvalue weighted by atomic mass is 19.3. The van der Waals surface area contributed by atoms with E-state index in [0.29, 0.717) is 41.7 Å². The number of nitrogens with one attached hydrogen (secondary N) is 3. The summed E-state index contributed by atoms with van der Waals surface area (Å²) in [7, 11) is 0. The van der Waals surface area contributed by atoms with Gasteiger partial charge in [0, 0.05) is 57.2 Å². The standard InChI is InChI=1S/C43H47F2N11O6/c44-37(45)36-31(48-39(58)29-16-47-54-11-10-33(49-38(29)54)53-18-27-12-26(53)20-62-27)19-55(51-36)25-6-4-23(5-7-25)17-52-21-43(22-52)13-24(14-43)15-46-30-3-1-2-28-35(30)42(61)56(41(28)60)32-8-9-34(57)50-40(32)59/h1-3,10-11,16,19,23-27,32,37,46H,4-9,12-15,17-18,20-22H2,(H,48,58)(H,50,57,59)/t23?,25?,26-,27-,32?/m1/s1. The van der Waals surface area contributed by atoms with Crippen LogP contribution in [0.15, 0.2) is 42.9 Å². The number of anilines is 3. The normalized spacial score (nSPS) is 27.0.